The van der Waals surface area contributed by atoms with Crippen molar-refractivity contribution in [2.24, 2.45) is 5.92 Å². The zero-order valence-electron chi connectivity index (χ0n) is 7.96. The summed E-state index contributed by atoms with van der Waals surface area (Å²) < 4.78 is 0. The molecule has 0 radical (unpaired) electrons. The van der Waals surface area contributed by atoms with Crippen LogP contribution in [0.3, 0.4) is 0 Å². The Bertz CT molecular complexity index is 222. The summed E-state index contributed by atoms with van der Waals surface area (Å²) >= 11 is 5.59. The SMILES string of the molecule is C/C(=C\Cl)CN1CCC(C#N)CC1. The van der Waals surface area contributed by atoms with Crippen molar-refractivity contribution in [3.8, 4) is 6.07 Å². The fourth-order valence-electron chi connectivity index (χ4n) is 1.61. The maximum atomic E-state index is 8.70. The molecular weight excluding hydrogens is 184 g/mol. The lowest BCUT2D eigenvalue weighted by atomic mass is 9.98. The molecule has 72 valence electrons. The fourth-order valence-corrected chi connectivity index (χ4v) is 1.68. The van der Waals surface area contributed by atoms with Crippen molar-refractivity contribution in [2.45, 2.75) is 19.8 Å². The van der Waals surface area contributed by atoms with Crippen LogP contribution in [-0.4, -0.2) is 24.5 Å². The molecule has 3 heteroatoms. The number of halogens is 1. The van der Waals surface area contributed by atoms with Crippen molar-refractivity contribution in [2.75, 3.05) is 19.6 Å². The average Bonchev–Trinajstić information content (AvgIpc) is 2.19. The van der Waals surface area contributed by atoms with E-state index in [1.807, 2.05) is 6.92 Å². The van der Waals surface area contributed by atoms with Gasteiger partial charge in [-0.25, -0.2) is 0 Å². The van der Waals surface area contributed by atoms with E-state index in [1.54, 1.807) is 5.54 Å². The largest absolute Gasteiger partial charge is 0.299 e. The van der Waals surface area contributed by atoms with Crippen molar-refractivity contribution in [1.29, 1.82) is 5.26 Å². The van der Waals surface area contributed by atoms with Crippen LogP contribution in [0.1, 0.15) is 19.8 Å². The maximum absolute atomic E-state index is 8.70. The summed E-state index contributed by atoms with van der Waals surface area (Å²) in [7, 11) is 0. The van der Waals surface area contributed by atoms with E-state index < -0.39 is 0 Å². The van der Waals surface area contributed by atoms with Gasteiger partial charge in [-0.1, -0.05) is 11.6 Å². The second-order valence-electron chi connectivity index (χ2n) is 3.63. The number of rotatable bonds is 2. The van der Waals surface area contributed by atoms with Crippen LogP contribution in [0.4, 0.5) is 0 Å². The maximum Gasteiger partial charge on any atom is 0.0656 e. The Morgan fingerprint density at radius 1 is 1.62 bits per heavy atom. The van der Waals surface area contributed by atoms with Gasteiger partial charge in [0.05, 0.1) is 6.07 Å². The van der Waals surface area contributed by atoms with Crippen molar-refractivity contribution in [3.05, 3.63) is 11.1 Å². The molecule has 0 unspecified atom stereocenters. The highest BCUT2D eigenvalue weighted by molar-refractivity contribution is 6.25. The third-order valence-corrected chi connectivity index (χ3v) is 2.80. The molecule has 2 nitrogen and oxygen atoms in total. The molecule has 0 amide bonds. The molecule has 0 saturated carbocycles. The van der Waals surface area contributed by atoms with E-state index in [9.17, 15) is 0 Å². The molecule has 0 atom stereocenters. The summed E-state index contributed by atoms with van der Waals surface area (Å²) in [5.74, 6) is 0.275. The molecule has 1 aliphatic rings. The summed E-state index contributed by atoms with van der Waals surface area (Å²) in [6.07, 6.45) is 2.01. The predicted octanol–water partition coefficient (Wildman–Crippen LogP) is 2.36. The first-order chi connectivity index (χ1) is 6.26. The van der Waals surface area contributed by atoms with Crippen LogP contribution in [0.2, 0.25) is 0 Å². The summed E-state index contributed by atoms with van der Waals surface area (Å²) in [6.45, 7) is 5.03. The van der Waals surface area contributed by atoms with E-state index in [1.165, 1.54) is 5.57 Å². The minimum atomic E-state index is 0.275. The van der Waals surface area contributed by atoms with Gasteiger partial charge in [-0.05, 0) is 38.4 Å². The normalized spacial score (nSPS) is 21.5. The van der Waals surface area contributed by atoms with Gasteiger partial charge in [0.1, 0.15) is 0 Å². The quantitative estimate of drug-likeness (QED) is 0.681. The van der Waals surface area contributed by atoms with Crippen molar-refractivity contribution in [1.82, 2.24) is 4.90 Å². The van der Waals surface area contributed by atoms with Crippen molar-refractivity contribution in [3.63, 3.8) is 0 Å². The highest BCUT2D eigenvalue weighted by Gasteiger charge is 2.18. The van der Waals surface area contributed by atoms with Gasteiger partial charge in [0.15, 0.2) is 0 Å². The second-order valence-corrected chi connectivity index (χ2v) is 3.85. The van der Waals surface area contributed by atoms with Crippen LogP contribution >= 0.6 is 11.6 Å². The van der Waals surface area contributed by atoms with Crippen molar-refractivity contribution < 1.29 is 0 Å². The Kier molecular flexibility index (Phi) is 4.27. The van der Waals surface area contributed by atoms with Crippen molar-refractivity contribution >= 4 is 11.6 Å². The molecule has 0 aromatic rings. The van der Waals surface area contributed by atoms with E-state index in [0.29, 0.717) is 0 Å². The summed E-state index contributed by atoms with van der Waals surface area (Å²) in [6, 6.07) is 2.32. The summed E-state index contributed by atoms with van der Waals surface area (Å²) in [5, 5.41) is 8.70. The molecule has 0 aliphatic carbocycles. The fraction of sp³-hybridized carbons (Fsp3) is 0.700. The molecule has 0 spiro atoms. The minimum absolute atomic E-state index is 0.275. The molecule has 0 aromatic heterocycles. The average molecular weight is 199 g/mol. The third kappa shape index (κ3) is 3.38. The minimum Gasteiger partial charge on any atom is -0.299 e. The van der Waals surface area contributed by atoms with Gasteiger partial charge in [-0.2, -0.15) is 5.26 Å². The molecule has 0 bridgehead atoms. The topological polar surface area (TPSA) is 27.0 Å². The van der Waals surface area contributed by atoms with Gasteiger partial charge in [0.25, 0.3) is 0 Å². The molecule has 1 fully saturated rings. The zero-order valence-corrected chi connectivity index (χ0v) is 8.72. The van der Waals surface area contributed by atoms with Crippen LogP contribution in [0, 0.1) is 17.2 Å². The standard InChI is InChI=1S/C10H15ClN2/c1-9(6-11)8-13-4-2-10(7-12)3-5-13/h6,10H,2-5,8H2,1H3/b9-6+. The van der Waals surface area contributed by atoms with Gasteiger partial charge in [0.2, 0.25) is 0 Å². The first kappa shape index (κ1) is 10.6. The lowest BCUT2D eigenvalue weighted by molar-refractivity contribution is 0.221. The Balaban J connectivity index is 2.30. The third-order valence-electron chi connectivity index (χ3n) is 2.43. The number of hydrogen-bond acceptors (Lipinski definition) is 2. The zero-order chi connectivity index (χ0) is 9.68. The van der Waals surface area contributed by atoms with E-state index in [2.05, 4.69) is 11.0 Å². The van der Waals surface area contributed by atoms with Crippen LogP contribution in [-0.2, 0) is 0 Å². The first-order valence-electron chi connectivity index (χ1n) is 4.64. The van der Waals surface area contributed by atoms with Gasteiger partial charge in [-0.15, -0.1) is 0 Å². The Hall–Kier alpha value is -0.520. The Morgan fingerprint density at radius 2 is 2.23 bits per heavy atom. The number of hydrogen-bond donors (Lipinski definition) is 0. The smallest absolute Gasteiger partial charge is 0.0656 e. The molecule has 1 rings (SSSR count). The number of nitriles is 1. The van der Waals surface area contributed by atoms with E-state index in [-0.39, 0.29) is 5.92 Å². The lowest BCUT2D eigenvalue weighted by Crippen LogP contribution is -2.34. The first-order valence-corrected chi connectivity index (χ1v) is 5.07. The molecular formula is C10H15ClN2. The van der Waals surface area contributed by atoms with Crippen LogP contribution in [0.15, 0.2) is 11.1 Å². The van der Waals surface area contributed by atoms with E-state index in [0.717, 1.165) is 32.5 Å². The molecule has 1 heterocycles. The van der Waals surface area contributed by atoms with Crippen LogP contribution in [0.5, 0.6) is 0 Å². The predicted molar refractivity (Wildman–Crippen MR) is 54.4 cm³/mol. The van der Waals surface area contributed by atoms with Crippen LogP contribution < -0.4 is 0 Å². The summed E-state index contributed by atoms with van der Waals surface area (Å²) in [5.41, 5.74) is 2.83. The number of likely N-dealkylation sites (tertiary alicyclic amines) is 1. The molecule has 0 N–H and O–H groups in total. The molecule has 1 saturated heterocycles. The highest BCUT2D eigenvalue weighted by Crippen LogP contribution is 2.16. The van der Waals surface area contributed by atoms with Gasteiger partial charge in [0, 0.05) is 18.0 Å². The van der Waals surface area contributed by atoms with Gasteiger partial charge >= 0.3 is 0 Å². The molecule has 0 aromatic carbocycles. The summed E-state index contributed by atoms with van der Waals surface area (Å²) in [4.78, 5) is 2.35. The van der Waals surface area contributed by atoms with Crippen LogP contribution in [0.25, 0.3) is 0 Å². The monoisotopic (exact) mass is 198 g/mol. The van der Waals surface area contributed by atoms with E-state index >= 15 is 0 Å². The molecule has 1 aliphatic heterocycles. The lowest BCUT2D eigenvalue weighted by Gasteiger charge is -2.28. The van der Waals surface area contributed by atoms with Gasteiger partial charge < -0.3 is 0 Å². The van der Waals surface area contributed by atoms with E-state index in [4.69, 9.17) is 16.9 Å². The highest BCUT2D eigenvalue weighted by atomic mass is 35.5. The number of piperidine rings is 1. The number of nitrogens with zero attached hydrogens (tertiary/aromatic N) is 2. The second kappa shape index (κ2) is 5.26. The Labute approximate surface area is 84.8 Å². The van der Waals surface area contributed by atoms with Gasteiger partial charge in [-0.3, -0.25) is 4.90 Å². The molecule has 13 heavy (non-hydrogen) atoms. The Morgan fingerprint density at radius 3 is 2.69 bits per heavy atom.